The summed E-state index contributed by atoms with van der Waals surface area (Å²) >= 11 is 1.46. The largest absolute Gasteiger partial charge is 0.497 e. The zero-order valence-corrected chi connectivity index (χ0v) is 12.0. The molecule has 2 rings (SSSR count). The van der Waals surface area contributed by atoms with Crippen LogP contribution in [0.2, 0.25) is 0 Å². The smallest absolute Gasteiger partial charge is 0.270 e. The lowest BCUT2D eigenvalue weighted by Gasteiger charge is -2.05. The van der Waals surface area contributed by atoms with Crippen LogP contribution in [0.4, 0.5) is 0 Å². The van der Waals surface area contributed by atoms with Gasteiger partial charge in [-0.2, -0.15) is 0 Å². The van der Waals surface area contributed by atoms with Crippen molar-refractivity contribution in [3.63, 3.8) is 0 Å². The fraction of sp³-hybridized carbons (Fsp3) is 0.286. The summed E-state index contributed by atoms with van der Waals surface area (Å²) in [6.07, 6.45) is 0. The van der Waals surface area contributed by atoms with Gasteiger partial charge in [-0.1, -0.05) is 0 Å². The van der Waals surface area contributed by atoms with Crippen LogP contribution in [-0.2, 0) is 0 Å². The maximum absolute atomic E-state index is 11.8. The molecule has 0 bridgehead atoms. The van der Waals surface area contributed by atoms with Crippen LogP contribution < -0.4 is 10.1 Å². The second kappa shape index (κ2) is 5.84. The molecule has 5 heteroatoms. The number of hydrogen-bond acceptors (Lipinski definition) is 4. The molecule has 0 saturated heterocycles. The molecule has 0 atom stereocenters. The predicted molar refractivity (Wildman–Crippen MR) is 76.7 cm³/mol. The Hall–Kier alpha value is -1.88. The fourth-order valence-electron chi connectivity index (χ4n) is 1.58. The minimum Gasteiger partial charge on any atom is -0.497 e. The Morgan fingerprint density at radius 2 is 2.00 bits per heavy atom. The molecule has 0 saturated carbocycles. The highest BCUT2D eigenvalue weighted by atomic mass is 32.1. The summed E-state index contributed by atoms with van der Waals surface area (Å²) in [4.78, 5) is 16.2. The molecule has 0 radical (unpaired) electrons. The molecule has 2 aromatic rings. The number of rotatable bonds is 4. The number of carbonyl (C=O) groups excluding carboxylic acids is 1. The third-order valence-electron chi connectivity index (χ3n) is 2.49. The Morgan fingerprint density at radius 1 is 1.32 bits per heavy atom. The van der Waals surface area contributed by atoms with E-state index in [0.717, 1.165) is 16.3 Å². The quantitative estimate of drug-likeness (QED) is 0.934. The van der Waals surface area contributed by atoms with Crippen molar-refractivity contribution in [3.8, 4) is 16.3 Å². The zero-order chi connectivity index (χ0) is 13.8. The molecular weight excluding hydrogens is 260 g/mol. The summed E-state index contributed by atoms with van der Waals surface area (Å²) in [6, 6.07) is 7.73. The van der Waals surface area contributed by atoms with E-state index in [2.05, 4.69) is 10.3 Å². The summed E-state index contributed by atoms with van der Waals surface area (Å²) < 4.78 is 5.11. The third-order valence-corrected chi connectivity index (χ3v) is 3.38. The molecule has 0 aliphatic carbocycles. The topological polar surface area (TPSA) is 51.2 Å². The van der Waals surface area contributed by atoms with Gasteiger partial charge in [-0.3, -0.25) is 4.79 Å². The Kier molecular flexibility index (Phi) is 4.16. The van der Waals surface area contributed by atoms with Crippen LogP contribution in [0.1, 0.15) is 24.3 Å². The molecule has 0 aliphatic heterocycles. The minimum absolute atomic E-state index is 0.110. The van der Waals surface area contributed by atoms with E-state index in [-0.39, 0.29) is 11.9 Å². The maximum Gasteiger partial charge on any atom is 0.270 e. The molecule has 1 N–H and O–H groups in total. The Labute approximate surface area is 116 Å². The van der Waals surface area contributed by atoms with Gasteiger partial charge in [0, 0.05) is 17.0 Å². The summed E-state index contributed by atoms with van der Waals surface area (Å²) in [5.41, 5.74) is 1.44. The Bertz CT molecular complexity index is 561. The van der Waals surface area contributed by atoms with Crippen LogP contribution in [0.15, 0.2) is 29.6 Å². The van der Waals surface area contributed by atoms with Crippen LogP contribution in [0.25, 0.3) is 10.6 Å². The number of carbonyl (C=O) groups is 1. The number of aromatic nitrogens is 1. The van der Waals surface area contributed by atoms with Gasteiger partial charge in [0.15, 0.2) is 0 Å². The van der Waals surface area contributed by atoms with E-state index in [9.17, 15) is 4.79 Å². The van der Waals surface area contributed by atoms with Gasteiger partial charge >= 0.3 is 0 Å². The van der Waals surface area contributed by atoms with Crippen molar-refractivity contribution in [2.24, 2.45) is 0 Å². The van der Waals surface area contributed by atoms with Crippen LogP contribution >= 0.6 is 11.3 Å². The number of thiazole rings is 1. The third kappa shape index (κ3) is 3.32. The first kappa shape index (κ1) is 13.5. The lowest BCUT2D eigenvalue weighted by atomic mass is 10.2. The van der Waals surface area contributed by atoms with Crippen molar-refractivity contribution in [2.75, 3.05) is 7.11 Å². The highest BCUT2D eigenvalue weighted by molar-refractivity contribution is 7.13. The average Bonchev–Trinajstić information content (AvgIpc) is 2.88. The van der Waals surface area contributed by atoms with Crippen molar-refractivity contribution in [3.05, 3.63) is 35.3 Å². The molecule has 19 heavy (non-hydrogen) atoms. The molecular formula is C14H16N2O2S. The monoisotopic (exact) mass is 276 g/mol. The molecule has 0 unspecified atom stereocenters. The van der Waals surface area contributed by atoms with Gasteiger partial charge in [0.05, 0.1) is 7.11 Å². The van der Waals surface area contributed by atoms with Gasteiger partial charge < -0.3 is 10.1 Å². The number of methoxy groups -OCH3 is 1. The van der Waals surface area contributed by atoms with E-state index in [4.69, 9.17) is 4.74 Å². The van der Waals surface area contributed by atoms with Crippen LogP contribution in [0.5, 0.6) is 5.75 Å². The molecule has 1 amide bonds. The molecule has 1 heterocycles. The van der Waals surface area contributed by atoms with E-state index < -0.39 is 0 Å². The Morgan fingerprint density at radius 3 is 2.58 bits per heavy atom. The van der Waals surface area contributed by atoms with Gasteiger partial charge in [0.25, 0.3) is 5.91 Å². The van der Waals surface area contributed by atoms with Gasteiger partial charge in [-0.05, 0) is 38.1 Å². The SMILES string of the molecule is COc1ccc(-c2nc(C(=O)NC(C)C)cs2)cc1. The summed E-state index contributed by atoms with van der Waals surface area (Å²) in [5.74, 6) is 0.670. The highest BCUT2D eigenvalue weighted by Gasteiger charge is 2.12. The van der Waals surface area contributed by atoms with Crippen LogP contribution in [0, 0.1) is 0 Å². The molecule has 1 aromatic heterocycles. The van der Waals surface area contributed by atoms with E-state index in [1.165, 1.54) is 11.3 Å². The molecule has 1 aromatic carbocycles. The van der Waals surface area contributed by atoms with E-state index in [0.29, 0.717) is 5.69 Å². The van der Waals surface area contributed by atoms with Crippen molar-refractivity contribution in [1.82, 2.24) is 10.3 Å². The molecule has 0 fully saturated rings. The number of ether oxygens (including phenoxy) is 1. The summed E-state index contributed by atoms with van der Waals surface area (Å²) in [5, 5.41) is 5.43. The first-order valence-corrected chi connectivity index (χ1v) is 6.89. The number of hydrogen-bond donors (Lipinski definition) is 1. The highest BCUT2D eigenvalue weighted by Crippen LogP contribution is 2.25. The zero-order valence-electron chi connectivity index (χ0n) is 11.1. The van der Waals surface area contributed by atoms with Gasteiger partial charge in [0.2, 0.25) is 0 Å². The second-order valence-electron chi connectivity index (χ2n) is 4.39. The number of nitrogens with one attached hydrogen (secondary N) is 1. The molecule has 100 valence electrons. The number of amides is 1. The van der Waals surface area contributed by atoms with Crippen LogP contribution in [0.3, 0.4) is 0 Å². The van der Waals surface area contributed by atoms with Crippen molar-refractivity contribution < 1.29 is 9.53 Å². The van der Waals surface area contributed by atoms with Gasteiger partial charge in [0.1, 0.15) is 16.5 Å². The lowest BCUT2D eigenvalue weighted by molar-refractivity contribution is 0.0939. The van der Waals surface area contributed by atoms with Crippen LogP contribution in [-0.4, -0.2) is 24.0 Å². The Balaban J connectivity index is 2.18. The number of nitrogens with zero attached hydrogens (tertiary/aromatic N) is 1. The predicted octanol–water partition coefficient (Wildman–Crippen LogP) is 2.96. The lowest BCUT2D eigenvalue weighted by Crippen LogP contribution is -2.30. The van der Waals surface area contributed by atoms with Gasteiger partial charge in [-0.15, -0.1) is 11.3 Å². The van der Waals surface area contributed by atoms with Gasteiger partial charge in [-0.25, -0.2) is 4.98 Å². The van der Waals surface area contributed by atoms with Crippen molar-refractivity contribution in [1.29, 1.82) is 0 Å². The van der Waals surface area contributed by atoms with Crippen molar-refractivity contribution in [2.45, 2.75) is 19.9 Å². The number of benzene rings is 1. The molecule has 0 spiro atoms. The summed E-state index contributed by atoms with van der Waals surface area (Å²) in [7, 11) is 1.63. The molecule has 0 aliphatic rings. The maximum atomic E-state index is 11.8. The normalized spacial score (nSPS) is 10.5. The fourth-order valence-corrected chi connectivity index (χ4v) is 2.39. The first-order chi connectivity index (χ1) is 9.10. The standard InChI is InChI=1S/C14H16N2O2S/c1-9(2)15-13(17)12-8-19-14(16-12)10-4-6-11(18-3)7-5-10/h4-9H,1-3H3,(H,15,17). The van der Waals surface area contributed by atoms with E-state index in [1.807, 2.05) is 38.1 Å². The average molecular weight is 276 g/mol. The minimum atomic E-state index is -0.133. The molecule has 4 nitrogen and oxygen atoms in total. The van der Waals surface area contributed by atoms with E-state index >= 15 is 0 Å². The second-order valence-corrected chi connectivity index (χ2v) is 5.25. The van der Waals surface area contributed by atoms with E-state index in [1.54, 1.807) is 12.5 Å². The van der Waals surface area contributed by atoms with Crippen molar-refractivity contribution >= 4 is 17.2 Å². The summed E-state index contributed by atoms with van der Waals surface area (Å²) in [6.45, 7) is 3.85. The first-order valence-electron chi connectivity index (χ1n) is 6.01.